The average molecular weight is 310 g/mol. The summed E-state index contributed by atoms with van der Waals surface area (Å²) >= 11 is 1.74. The normalized spacial score (nSPS) is 25.4. The SMILES string of the molecule is CC(CNCC1CCCO1)N1CCN(c2nccs2)CC1. The highest BCUT2D eigenvalue weighted by atomic mass is 32.1. The summed E-state index contributed by atoms with van der Waals surface area (Å²) in [6, 6.07) is 0.588. The summed E-state index contributed by atoms with van der Waals surface area (Å²) in [5, 5.41) is 6.79. The lowest BCUT2D eigenvalue weighted by Gasteiger charge is -2.38. The van der Waals surface area contributed by atoms with Gasteiger partial charge in [0.2, 0.25) is 0 Å². The molecule has 0 saturated carbocycles. The maximum Gasteiger partial charge on any atom is 0.185 e. The van der Waals surface area contributed by atoms with Crippen molar-refractivity contribution in [1.29, 1.82) is 0 Å². The van der Waals surface area contributed by atoms with E-state index in [0.717, 1.165) is 45.9 Å². The largest absolute Gasteiger partial charge is 0.377 e. The summed E-state index contributed by atoms with van der Waals surface area (Å²) in [6.07, 6.45) is 4.78. The Morgan fingerprint density at radius 3 is 2.95 bits per heavy atom. The molecule has 1 N–H and O–H groups in total. The molecule has 0 radical (unpaired) electrons. The minimum Gasteiger partial charge on any atom is -0.377 e. The monoisotopic (exact) mass is 310 g/mol. The second kappa shape index (κ2) is 7.54. The molecule has 2 saturated heterocycles. The lowest BCUT2D eigenvalue weighted by atomic mass is 10.2. The third-order valence-electron chi connectivity index (χ3n) is 4.46. The molecule has 118 valence electrons. The Balaban J connectivity index is 1.35. The van der Waals surface area contributed by atoms with Crippen LogP contribution in [-0.4, -0.2) is 67.9 Å². The zero-order chi connectivity index (χ0) is 14.5. The van der Waals surface area contributed by atoms with Crippen LogP contribution in [0.1, 0.15) is 19.8 Å². The van der Waals surface area contributed by atoms with E-state index in [0.29, 0.717) is 12.1 Å². The topological polar surface area (TPSA) is 40.6 Å². The molecule has 1 aromatic heterocycles. The smallest absolute Gasteiger partial charge is 0.185 e. The summed E-state index contributed by atoms with van der Waals surface area (Å²) < 4.78 is 5.65. The first-order valence-electron chi connectivity index (χ1n) is 8.04. The maximum atomic E-state index is 5.65. The molecule has 0 bridgehead atoms. The first kappa shape index (κ1) is 15.2. The van der Waals surface area contributed by atoms with Gasteiger partial charge in [-0.05, 0) is 19.8 Å². The van der Waals surface area contributed by atoms with Gasteiger partial charge >= 0.3 is 0 Å². The first-order chi connectivity index (χ1) is 10.3. The number of ether oxygens (including phenoxy) is 1. The zero-order valence-electron chi connectivity index (χ0n) is 12.8. The van der Waals surface area contributed by atoms with Gasteiger partial charge in [0.25, 0.3) is 0 Å². The van der Waals surface area contributed by atoms with Crippen LogP contribution < -0.4 is 10.2 Å². The Bertz CT molecular complexity index is 400. The Hall–Kier alpha value is -0.690. The van der Waals surface area contributed by atoms with E-state index in [-0.39, 0.29) is 0 Å². The number of piperazine rings is 1. The molecule has 1 aromatic rings. The molecular weight excluding hydrogens is 284 g/mol. The summed E-state index contributed by atoms with van der Waals surface area (Å²) in [5.74, 6) is 0. The number of nitrogens with zero attached hydrogens (tertiary/aromatic N) is 3. The number of hydrogen-bond donors (Lipinski definition) is 1. The van der Waals surface area contributed by atoms with Gasteiger partial charge in [0.15, 0.2) is 5.13 Å². The van der Waals surface area contributed by atoms with Gasteiger partial charge in [0.05, 0.1) is 6.10 Å². The number of thiazole rings is 1. The van der Waals surface area contributed by atoms with Gasteiger partial charge in [-0.2, -0.15) is 0 Å². The van der Waals surface area contributed by atoms with Crippen molar-refractivity contribution in [2.24, 2.45) is 0 Å². The fraction of sp³-hybridized carbons (Fsp3) is 0.800. The molecule has 3 heterocycles. The number of nitrogens with one attached hydrogen (secondary N) is 1. The molecule has 0 amide bonds. The minimum absolute atomic E-state index is 0.443. The molecule has 5 nitrogen and oxygen atoms in total. The highest BCUT2D eigenvalue weighted by Gasteiger charge is 2.22. The molecule has 0 aromatic carbocycles. The molecular formula is C15H26N4OS. The van der Waals surface area contributed by atoms with Crippen molar-refractivity contribution >= 4 is 16.5 Å². The van der Waals surface area contributed by atoms with Gasteiger partial charge < -0.3 is 15.0 Å². The van der Waals surface area contributed by atoms with Gasteiger partial charge in [-0.1, -0.05) is 0 Å². The van der Waals surface area contributed by atoms with Crippen LogP contribution in [0, 0.1) is 0 Å². The van der Waals surface area contributed by atoms with Crippen LogP contribution in [0.25, 0.3) is 0 Å². The van der Waals surface area contributed by atoms with Crippen molar-refractivity contribution in [3.8, 4) is 0 Å². The Morgan fingerprint density at radius 2 is 2.29 bits per heavy atom. The fourth-order valence-electron chi connectivity index (χ4n) is 3.11. The molecule has 21 heavy (non-hydrogen) atoms. The van der Waals surface area contributed by atoms with Gasteiger partial charge in [0.1, 0.15) is 0 Å². The number of hydrogen-bond acceptors (Lipinski definition) is 6. The van der Waals surface area contributed by atoms with E-state index < -0.39 is 0 Å². The Morgan fingerprint density at radius 1 is 1.43 bits per heavy atom. The van der Waals surface area contributed by atoms with Crippen LogP contribution in [-0.2, 0) is 4.74 Å². The van der Waals surface area contributed by atoms with Crippen LogP contribution in [0.4, 0.5) is 5.13 Å². The number of anilines is 1. The standard InChI is InChI=1S/C15H26N4OS/c1-13(11-16-12-14-3-2-9-20-14)18-5-7-19(8-6-18)15-17-4-10-21-15/h4,10,13-14,16H,2-3,5-9,11-12H2,1H3. The molecule has 2 atom stereocenters. The maximum absolute atomic E-state index is 5.65. The Kier molecular flexibility index (Phi) is 5.46. The summed E-state index contributed by atoms with van der Waals surface area (Å²) in [6.45, 7) is 9.75. The van der Waals surface area contributed by atoms with Crippen molar-refractivity contribution in [3.05, 3.63) is 11.6 Å². The van der Waals surface area contributed by atoms with E-state index in [1.54, 1.807) is 11.3 Å². The lowest BCUT2D eigenvalue weighted by molar-refractivity contribution is 0.106. The predicted molar refractivity (Wildman–Crippen MR) is 87.2 cm³/mol. The van der Waals surface area contributed by atoms with Crippen molar-refractivity contribution in [1.82, 2.24) is 15.2 Å². The van der Waals surface area contributed by atoms with Crippen molar-refractivity contribution in [3.63, 3.8) is 0 Å². The van der Waals surface area contributed by atoms with Crippen LogP contribution in [0.3, 0.4) is 0 Å². The third-order valence-corrected chi connectivity index (χ3v) is 5.30. The second-order valence-corrected chi connectivity index (χ2v) is 6.85. The molecule has 6 heteroatoms. The van der Waals surface area contributed by atoms with E-state index in [9.17, 15) is 0 Å². The highest BCUT2D eigenvalue weighted by Crippen LogP contribution is 2.19. The van der Waals surface area contributed by atoms with Crippen molar-refractivity contribution in [2.45, 2.75) is 31.9 Å². The molecule has 0 aliphatic carbocycles. The average Bonchev–Trinajstić information content (AvgIpc) is 3.21. The molecule has 3 rings (SSSR count). The number of aromatic nitrogens is 1. The zero-order valence-corrected chi connectivity index (χ0v) is 13.6. The molecule has 0 spiro atoms. The van der Waals surface area contributed by atoms with Crippen LogP contribution in [0.5, 0.6) is 0 Å². The summed E-state index contributed by atoms with van der Waals surface area (Å²) in [7, 11) is 0. The van der Waals surface area contributed by atoms with Gasteiger partial charge in [-0.15, -0.1) is 11.3 Å². The Labute approximate surface area is 131 Å². The van der Waals surface area contributed by atoms with E-state index in [4.69, 9.17) is 4.74 Å². The third kappa shape index (κ3) is 4.16. The van der Waals surface area contributed by atoms with E-state index in [2.05, 4.69) is 32.4 Å². The minimum atomic E-state index is 0.443. The predicted octanol–water partition coefficient (Wildman–Crippen LogP) is 1.42. The second-order valence-electron chi connectivity index (χ2n) is 5.98. The van der Waals surface area contributed by atoms with Gasteiger partial charge in [-0.3, -0.25) is 4.90 Å². The first-order valence-corrected chi connectivity index (χ1v) is 8.91. The van der Waals surface area contributed by atoms with Crippen LogP contribution >= 0.6 is 11.3 Å². The molecule has 2 aliphatic rings. The lowest BCUT2D eigenvalue weighted by Crippen LogP contribution is -2.52. The van der Waals surface area contributed by atoms with E-state index in [1.165, 1.54) is 18.0 Å². The van der Waals surface area contributed by atoms with Crippen molar-refractivity contribution in [2.75, 3.05) is 50.8 Å². The highest BCUT2D eigenvalue weighted by molar-refractivity contribution is 7.13. The summed E-state index contributed by atoms with van der Waals surface area (Å²) in [5.41, 5.74) is 0. The summed E-state index contributed by atoms with van der Waals surface area (Å²) in [4.78, 5) is 9.38. The van der Waals surface area contributed by atoms with Crippen molar-refractivity contribution < 1.29 is 4.74 Å². The molecule has 2 aliphatic heterocycles. The quantitative estimate of drug-likeness (QED) is 0.861. The number of rotatable bonds is 6. The van der Waals surface area contributed by atoms with Gasteiger partial charge in [0, 0.05) is 63.5 Å². The van der Waals surface area contributed by atoms with E-state index in [1.807, 2.05) is 6.20 Å². The van der Waals surface area contributed by atoms with E-state index >= 15 is 0 Å². The van der Waals surface area contributed by atoms with Crippen LogP contribution in [0.15, 0.2) is 11.6 Å². The van der Waals surface area contributed by atoms with Gasteiger partial charge in [-0.25, -0.2) is 4.98 Å². The molecule has 2 fully saturated rings. The molecule has 2 unspecified atom stereocenters. The van der Waals surface area contributed by atoms with Crippen LogP contribution in [0.2, 0.25) is 0 Å². The fourth-order valence-corrected chi connectivity index (χ4v) is 3.81.